The third-order valence-electron chi connectivity index (χ3n) is 3.90. The highest BCUT2D eigenvalue weighted by Gasteiger charge is 2.10. The molecule has 120 valence electrons. The maximum atomic E-state index is 12.2. The quantitative estimate of drug-likeness (QED) is 0.550. The van der Waals surface area contributed by atoms with Crippen molar-refractivity contribution in [3.8, 4) is 6.07 Å². The van der Waals surface area contributed by atoms with Gasteiger partial charge < -0.3 is 10.3 Å². The summed E-state index contributed by atoms with van der Waals surface area (Å²) in [7, 11) is 0. The maximum Gasteiger partial charge on any atom is 0.261 e. The number of carbonyl (C=O) groups is 1. The predicted octanol–water partition coefficient (Wildman–Crippen LogP) is 3.80. The van der Waals surface area contributed by atoms with Crippen LogP contribution in [0, 0.1) is 18.3 Å². The Morgan fingerprint density at radius 1 is 1.38 bits per heavy atom. The molecule has 0 bridgehead atoms. The van der Waals surface area contributed by atoms with Gasteiger partial charge in [0.1, 0.15) is 11.6 Å². The molecule has 2 aromatic heterocycles. The van der Waals surface area contributed by atoms with Gasteiger partial charge in [0, 0.05) is 28.5 Å². The number of nitrogens with zero attached hydrogens (tertiary/aromatic N) is 1. The van der Waals surface area contributed by atoms with Crippen molar-refractivity contribution < 1.29 is 4.79 Å². The van der Waals surface area contributed by atoms with Crippen molar-refractivity contribution in [2.45, 2.75) is 13.3 Å². The number of amides is 1. The number of hydrogen-bond acceptors (Lipinski definition) is 3. The van der Waals surface area contributed by atoms with E-state index >= 15 is 0 Å². The number of para-hydroxylation sites is 1. The van der Waals surface area contributed by atoms with Crippen LogP contribution in [-0.4, -0.2) is 17.4 Å². The van der Waals surface area contributed by atoms with E-state index in [9.17, 15) is 10.1 Å². The Balaban J connectivity index is 1.64. The summed E-state index contributed by atoms with van der Waals surface area (Å²) in [6.07, 6.45) is 4.33. The Morgan fingerprint density at radius 3 is 2.96 bits per heavy atom. The van der Waals surface area contributed by atoms with Gasteiger partial charge >= 0.3 is 0 Å². The van der Waals surface area contributed by atoms with Gasteiger partial charge in [0.15, 0.2) is 0 Å². The van der Waals surface area contributed by atoms with Crippen LogP contribution < -0.4 is 5.32 Å². The van der Waals surface area contributed by atoms with Gasteiger partial charge in [-0.1, -0.05) is 18.2 Å². The van der Waals surface area contributed by atoms with Crippen molar-refractivity contribution >= 4 is 34.2 Å². The molecule has 1 aromatic carbocycles. The number of thiophene rings is 1. The van der Waals surface area contributed by atoms with E-state index in [0.717, 1.165) is 26.9 Å². The Hall–Kier alpha value is -2.84. The first-order valence-electron chi connectivity index (χ1n) is 7.68. The van der Waals surface area contributed by atoms with E-state index in [0.29, 0.717) is 13.0 Å². The van der Waals surface area contributed by atoms with Crippen LogP contribution in [-0.2, 0) is 11.2 Å². The van der Waals surface area contributed by atoms with E-state index in [4.69, 9.17) is 0 Å². The summed E-state index contributed by atoms with van der Waals surface area (Å²) < 4.78 is 0. The number of aromatic nitrogens is 1. The summed E-state index contributed by atoms with van der Waals surface area (Å²) in [4.78, 5) is 16.4. The number of hydrogen-bond donors (Lipinski definition) is 2. The van der Waals surface area contributed by atoms with E-state index in [1.807, 2.05) is 48.8 Å². The summed E-state index contributed by atoms with van der Waals surface area (Å²) in [6.45, 7) is 2.45. The molecule has 0 radical (unpaired) electrons. The van der Waals surface area contributed by atoms with Crippen molar-refractivity contribution in [1.29, 1.82) is 5.26 Å². The van der Waals surface area contributed by atoms with Gasteiger partial charge in [-0.3, -0.25) is 4.79 Å². The summed E-state index contributed by atoms with van der Waals surface area (Å²) in [5.74, 6) is -0.329. The largest absolute Gasteiger partial charge is 0.361 e. The highest BCUT2D eigenvalue weighted by atomic mass is 32.1. The molecular weight excluding hydrogens is 318 g/mol. The van der Waals surface area contributed by atoms with Crippen LogP contribution in [0.15, 0.2) is 47.5 Å². The van der Waals surface area contributed by atoms with Crippen LogP contribution in [0.5, 0.6) is 0 Å². The molecule has 3 aromatic rings. The van der Waals surface area contributed by atoms with Gasteiger partial charge in [-0.2, -0.15) is 5.26 Å². The van der Waals surface area contributed by atoms with Crippen molar-refractivity contribution in [3.63, 3.8) is 0 Å². The van der Waals surface area contributed by atoms with E-state index in [1.165, 1.54) is 11.3 Å². The second-order valence-electron chi connectivity index (χ2n) is 5.50. The Morgan fingerprint density at radius 2 is 2.21 bits per heavy atom. The molecule has 1 amide bonds. The van der Waals surface area contributed by atoms with E-state index in [2.05, 4.69) is 16.4 Å². The minimum atomic E-state index is -0.329. The summed E-state index contributed by atoms with van der Waals surface area (Å²) >= 11 is 1.52. The zero-order chi connectivity index (χ0) is 16.9. The lowest BCUT2D eigenvalue weighted by molar-refractivity contribution is -0.117. The fourth-order valence-electron chi connectivity index (χ4n) is 2.56. The highest BCUT2D eigenvalue weighted by molar-refractivity contribution is 7.11. The number of aryl methyl sites for hydroxylation is 1. The minimum Gasteiger partial charge on any atom is -0.361 e. The first-order valence-corrected chi connectivity index (χ1v) is 8.56. The Bertz CT molecular complexity index is 943. The van der Waals surface area contributed by atoms with Crippen LogP contribution >= 0.6 is 11.3 Å². The van der Waals surface area contributed by atoms with Gasteiger partial charge in [0.05, 0.1) is 0 Å². The van der Waals surface area contributed by atoms with Crippen LogP contribution in [0.2, 0.25) is 0 Å². The van der Waals surface area contributed by atoms with Gasteiger partial charge in [0.25, 0.3) is 5.91 Å². The average Bonchev–Trinajstić information content (AvgIpc) is 3.19. The summed E-state index contributed by atoms with van der Waals surface area (Å²) in [6, 6.07) is 12.0. The average molecular weight is 335 g/mol. The molecular formula is C19H17N3OS. The number of carbonyl (C=O) groups excluding carboxylic acids is 1. The minimum absolute atomic E-state index is 0.138. The van der Waals surface area contributed by atoms with Crippen LogP contribution in [0.3, 0.4) is 0 Å². The number of benzene rings is 1. The van der Waals surface area contributed by atoms with Crippen LogP contribution in [0.25, 0.3) is 17.0 Å². The summed E-state index contributed by atoms with van der Waals surface area (Å²) in [5, 5.41) is 15.2. The smallest absolute Gasteiger partial charge is 0.261 e. The molecule has 4 nitrogen and oxygen atoms in total. The Labute approximate surface area is 144 Å². The molecule has 0 saturated heterocycles. The van der Waals surface area contributed by atoms with E-state index in [-0.39, 0.29) is 11.5 Å². The highest BCUT2D eigenvalue weighted by Crippen LogP contribution is 2.19. The predicted molar refractivity (Wildman–Crippen MR) is 97.7 cm³/mol. The van der Waals surface area contributed by atoms with E-state index in [1.54, 1.807) is 6.08 Å². The van der Waals surface area contributed by atoms with Crippen molar-refractivity contribution in [3.05, 3.63) is 63.5 Å². The van der Waals surface area contributed by atoms with Crippen molar-refractivity contribution in [2.24, 2.45) is 0 Å². The number of H-pyrrole nitrogens is 1. The second-order valence-corrected chi connectivity index (χ2v) is 6.45. The zero-order valence-electron chi connectivity index (χ0n) is 13.3. The standard InChI is InChI=1S/C19H17N3OS/c1-13-7-9-24-18(13)10-15(11-20)19(23)21-8-6-14-12-22-17-5-3-2-4-16(14)17/h2-5,7,9-10,12,22H,6,8H2,1H3,(H,21,23)/b15-10-. The van der Waals surface area contributed by atoms with E-state index < -0.39 is 0 Å². The first kappa shape index (κ1) is 16.0. The fraction of sp³-hybridized carbons (Fsp3) is 0.158. The molecule has 5 heteroatoms. The normalized spacial score (nSPS) is 11.4. The molecule has 2 heterocycles. The SMILES string of the molecule is Cc1ccsc1/C=C(/C#N)C(=O)NCCc1c[nH]c2ccccc12. The van der Waals surface area contributed by atoms with Gasteiger partial charge in [-0.05, 0) is 48.1 Å². The molecule has 3 rings (SSSR count). The monoisotopic (exact) mass is 335 g/mol. The van der Waals surface area contributed by atoms with Crippen molar-refractivity contribution in [2.75, 3.05) is 6.54 Å². The molecule has 0 fully saturated rings. The Kier molecular flexibility index (Phi) is 4.78. The molecule has 0 spiro atoms. The lowest BCUT2D eigenvalue weighted by Gasteiger charge is -2.04. The molecule has 2 N–H and O–H groups in total. The second kappa shape index (κ2) is 7.16. The number of rotatable bonds is 5. The molecule has 0 aliphatic heterocycles. The molecule has 0 unspecified atom stereocenters. The fourth-order valence-corrected chi connectivity index (χ4v) is 3.41. The number of fused-ring (bicyclic) bond motifs is 1. The van der Waals surface area contributed by atoms with Crippen molar-refractivity contribution in [1.82, 2.24) is 10.3 Å². The number of nitrogens with one attached hydrogen (secondary N) is 2. The lowest BCUT2D eigenvalue weighted by atomic mass is 10.1. The van der Waals surface area contributed by atoms with Gasteiger partial charge in [0.2, 0.25) is 0 Å². The zero-order valence-corrected chi connectivity index (χ0v) is 14.1. The lowest BCUT2D eigenvalue weighted by Crippen LogP contribution is -2.26. The molecule has 24 heavy (non-hydrogen) atoms. The van der Waals surface area contributed by atoms with Crippen LogP contribution in [0.1, 0.15) is 16.0 Å². The molecule has 0 aliphatic carbocycles. The molecule has 0 aliphatic rings. The topological polar surface area (TPSA) is 68.7 Å². The van der Waals surface area contributed by atoms with Crippen LogP contribution in [0.4, 0.5) is 0 Å². The third kappa shape index (κ3) is 3.39. The summed E-state index contributed by atoms with van der Waals surface area (Å²) in [5.41, 5.74) is 3.45. The van der Waals surface area contributed by atoms with Gasteiger partial charge in [-0.15, -0.1) is 11.3 Å². The molecule has 0 saturated carbocycles. The maximum absolute atomic E-state index is 12.2. The molecule has 0 atom stereocenters. The third-order valence-corrected chi connectivity index (χ3v) is 4.86. The number of nitriles is 1. The first-order chi connectivity index (χ1) is 11.7. The number of aromatic amines is 1. The van der Waals surface area contributed by atoms with Gasteiger partial charge in [-0.25, -0.2) is 0 Å².